The van der Waals surface area contributed by atoms with Gasteiger partial charge in [-0.2, -0.15) is 0 Å². The molecule has 0 radical (unpaired) electrons. The SMILES string of the molecule is CN1CCCN(c2cc(Cl)c(C(=O)N3COc4c(cccc4-c4cc(N5CCOCC5)c(C(=O)O)cc4F)C3)c(Cl)c2)CC1. The second-order valence-corrected chi connectivity index (χ2v) is 12.1. The van der Waals surface area contributed by atoms with E-state index >= 15 is 4.39 Å². The predicted molar refractivity (Wildman–Crippen MR) is 168 cm³/mol. The number of benzene rings is 3. The molecule has 3 aliphatic rings. The Bertz CT molecular complexity index is 1580. The fourth-order valence-corrected chi connectivity index (χ4v) is 6.67. The summed E-state index contributed by atoms with van der Waals surface area (Å²) in [5.41, 5.74) is 2.76. The fourth-order valence-electron chi connectivity index (χ4n) is 6.03. The summed E-state index contributed by atoms with van der Waals surface area (Å²) in [4.78, 5) is 33.6. The number of aromatic carboxylic acids is 1. The summed E-state index contributed by atoms with van der Waals surface area (Å²) in [6.45, 7) is 5.63. The lowest BCUT2D eigenvalue weighted by Crippen LogP contribution is -2.38. The minimum atomic E-state index is -1.21. The summed E-state index contributed by atoms with van der Waals surface area (Å²) in [5.74, 6) is -1.82. The first-order valence-corrected chi connectivity index (χ1v) is 15.3. The van der Waals surface area contributed by atoms with E-state index in [-0.39, 0.29) is 45.9 Å². The molecule has 0 saturated carbocycles. The Morgan fingerprint density at radius 3 is 2.39 bits per heavy atom. The predicted octanol–water partition coefficient (Wildman–Crippen LogP) is 5.47. The van der Waals surface area contributed by atoms with Crippen molar-refractivity contribution in [3.05, 3.63) is 75.0 Å². The van der Waals surface area contributed by atoms with Crippen LogP contribution >= 0.6 is 23.2 Å². The van der Waals surface area contributed by atoms with Crippen molar-refractivity contribution in [3.63, 3.8) is 0 Å². The third-order valence-electron chi connectivity index (χ3n) is 8.39. The summed E-state index contributed by atoms with van der Waals surface area (Å²) in [7, 11) is 2.10. The van der Waals surface area contributed by atoms with Gasteiger partial charge in [-0.1, -0.05) is 41.4 Å². The van der Waals surface area contributed by atoms with Crippen molar-refractivity contribution in [2.75, 3.05) is 76.1 Å². The van der Waals surface area contributed by atoms with E-state index in [1.165, 1.54) is 4.90 Å². The molecular formula is C32H33Cl2FN4O5. The number of halogens is 3. The normalized spacial score (nSPS) is 17.6. The molecule has 6 rings (SSSR count). The molecule has 1 amide bonds. The van der Waals surface area contributed by atoms with Crippen molar-refractivity contribution >= 4 is 46.5 Å². The van der Waals surface area contributed by atoms with Crippen LogP contribution in [0.25, 0.3) is 11.1 Å². The van der Waals surface area contributed by atoms with Gasteiger partial charge in [-0.15, -0.1) is 0 Å². The van der Waals surface area contributed by atoms with Crippen molar-refractivity contribution < 1.29 is 28.6 Å². The van der Waals surface area contributed by atoms with E-state index in [1.54, 1.807) is 30.3 Å². The van der Waals surface area contributed by atoms with Crippen LogP contribution < -0.4 is 14.5 Å². The lowest BCUT2D eigenvalue weighted by Gasteiger charge is -2.32. The van der Waals surface area contributed by atoms with Crippen LogP contribution in [0.1, 0.15) is 32.7 Å². The molecule has 0 unspecified atom stereocenters. The van der Waals surface area contributed by atoms with E-state index < -0.39 is 11.8 Å². The Balaban J connectivity index is 1.27. The summed E-state index contributed by atoms with van der Waals surface area (Å²) < 4.78 is 27.0. The molecule has 232 valence electrons. The number of para-hydroxylation sites is 1. The Kier molecular flexibility index (Phi) is 8.87. The van der Waals surface area contributed by atoms with Crippen LogP contribution in [-0.4, -0.2) is 93.0 Å². The zero-order valence-corrected chi connectivity index (χ0v) is 25.8. The molecule has 2 saturated heterocycles. The molecule has 0 aliphatic carbocycles. The van der Waals surface area contributed by atoms with E-state index in [9.17, 15) is 14.7 Å². The van der Waals surface area contributed by atoms with E-state index in [4.69, 9.17) is 32.7 Å². The first-order chi connectivity index (χ1) is 21.2. The number of carboxylic acids is 1. The van der Waals surface area contributed by atoms with Gasteiger partial charge in [-0.05, 0) is 44.3 Å². The number of fused-ring (bicyclic) bond motifs is 1. The first kappa shape index (κ1) is 30.5. The number of rotatable bonds is 5. The molecule has 3 aromatic carbocycles. The Hall–Kier alpha value is -3.57. The number of ether oxygens (including phenoxy) is 2. The van der Waals surface area contributed by atoms with Gasteiger partial charge in [0.05, 0.1) is 46.6 Å². The van der Waals surface area contributed by atoms with Gasteiger partial charge in [-0.3, -0.25) is 4.79 Å². The van der Waals surface area contributed by atoms with Gasteiger partial charge in [0, 0.05) is 55.1 Å². The number of carboxylic acid groups (broad SMARTS) is 1. The summed E-state index contributed by atoms with van der Waals surface area (Å²) in [6, 6.07) is 11.5. The Labute approximate surface area is 265 Å². The highest BCUT2D eigenvalue weighted by Gasteiger charge is 2.30. The van der Waals surface area contributed by atoms with Gasteiger partial charge < -0.3 is 34.2 Å². The molecule has 0 aromatic heterocycles. The van der Waals surface area contributed by atoms with Crippen molar-refractivity contribution in [2.45, 2.75) is 13.0 Å². The largest absolute Gasteiger partial charge is 0.478 e. The van der Waals surface area contributed by atoms with Crippen LogP contribution in [0.3, 0.4) is 0 Å². The number of carbonyl (C=O) groups is 2. The topological polar surface area (TPSA) is 85.8 Å². The number of likely N-dealkylation sites (N-methyl/N-ethyl adjacent to an activating group) is 1. The number of amides is 1. The van der Waals surface area contributed by atoms with Crippen molar-refractivity contribution in [3.8, 4) is 16.9 Å². The zero-order chi connectivity index (χ0) is 31.0. The lowest BCUT2D eigenvalue weighted by molar-refractivity contribution is 0.0516. The maximum Gasteiger partial charge on any atom is 0.337 e. The molecule has 44 heavy (non-hydrogen) atoms. The minimum absolute atomic E-state index is 0.0964. The van der Waals surface area contributed by atoms with Crippen LogP contribution in [-0.2, 0) is 11.3 Å². The summed E-state index contributed by atoms with van der Waals surface area (Å²) in [6.07, 6.45) is 1.01. The van der Waals surface area contributed by atoms with Gasteiger partial charge in [-0.25, -0.2) is 9.18 Å². The number of hydrogen-bond acceptors (Lipinski definition) is 7. The zero-order valence-electron chi connectivity index (χ0n) is 24.3. The maximum atomic E-state index is 15.5. The van der Waals surface area contributed by atoms with Crippen LogP contribution in [0.5, 0.6) is 5.75 Å². The molecule has 2 fully saturated rings. The number of anilines is 2. The number of hydrogen-bond donors (Lipinski definition) is 1. The first-order valence-electron chi connectivity index (χ1n) is 14.6. The maximum absolute atomic E-state index is 15.5. The van der Waals surface area contributed by atoms with Crippen LogP contribution in [0.4, 0.5) is 15.8 Å². The molecule has 1 N–H and O–H groups in total. The smallest absolute Gasteiger partial charge is 0.337 e. The number of morpholine rings is 1. The van der Waals surface area contributed by atoms with E-state index in [2.05, 4.69) is 16.8 Å². The van der Waals surface area contributed by atoms with Crippen LogP contribution in [0, 0.1) is 5.82 Å². The highest BCUT2D eigenvalue weighted by Crippen LogP contribution is 2.41. The highest BCUT2D eigenvalue weighted by molar-refractivity contribution is 6.40. The Morgan fingerprint density at radius 2 is 1.66 bits per heavy atom. The minimum Gasteiger partial charge on any atom is -0.478 e. The lowest BCUT2D eigenvalue weighted by atomic mass is 9.97. The van der Waals surface area contributed by atoms with Crippen molar-refractivity contribution in [2.24, 2.45) is 0 Å². The van der Waals surface area contributed by atoms with Crippen molar-refractivity contribution in [1.82, 2.24) is 9.80 Å². The highest BCUT2D eigenvalue weighted by atomic mass is 35.5. The van der Waals surface area contributed by atoms with Gasteiger partial charge >= 0.3 is 5.97 Å². The molecule has 3 aliphatic heterocycles. The van der Waals surface area contributed by atoms with E-state index in [0.717, 1.165) is 44.4 Å². The standard InChI is InChI=1S/C32H33Cl2FN4O5/c1-36-6-3-7-37(9-8-36)21-14-25(33)29(26(34)15-21)31(40)39-18-20-4-2-5-22(30(20)44-19-39)23-17-28(38-10-12-43-13-11-38)24(32(41)42)16-27(23)35/h2,4-5,14-17H,3,6-13,18-19H2,1H3,(H,41,42). The van der Waals surface area contributed by atoms with Crippen molar-refractivity contribution in [1.29, 1.82) is 0 Å². The fraction of sp³-hybridized carbons (Fsp3) is 0.375. The third kappa shape index (κ3) is 6.04. The Morgan fingerprint density at radius 1 is 0.909 bits per heavy atom. The van der Waals surface area contributed by atoms with E-state index in [0.29, 0.717) is 48.9 Å². The molecule has 0 spiro atoms. The molecule has 0 bridgehead atoms. The van der Waals surface area contributed by atoms with Gasteiger partial charge in [0.25, 0.3) is 5.91 Å². The third-order valence-corrected chi connectivity index (χ3v) is 8.99. The molecule has 3 aromatic rings. The quantitative estimate of drug-likeness (QED) is 0.392. The molecule has 0 atom stereocenters. The number of carbonyl (C=O) groups excluding carboxylic acids is 1. The average Bonchev–Trinajstić information content (AvgIpc) is 3.24. The molecule has 9 nitrogen and oxygen atoms in total. The summed E-state index contributed by atoms with van der Waals surface area (Å²) >= 11 is 13.3. The monoisotopic (exact) mass is 642 g/mol. The number of nitrogens with zero attached hydrogens (tertiary/aromatic N) is 4. The second-order valence-electron chi connectivity index (χ2n) is 11.3. The average molecular weight is 644 g/mol. The molecular weight excluding hydrogens is 610 g/mol. The van der Waals surface area contributed by atoms with E-state index in [1.807, 2.05) is 11.0 Å². The molecule has 3 heterocycles. The van der Waals surface area contributed by atoms with Gasteiger partial charge in [0.1, 0.15) is 11.6 Å². The molecule has 12 heteroatoms. The second kappa shape index (κ2) is 12.8. The van der Waals surface area contributed by atoms with Crippen LogP contribution in [0.2, 0.25) is 10.0 Å². The summed E-state index contributed by atoms with van der Waals surface area (Å²) in [5, 5.41) is 10.3. The van der Waals surface area contributed by atoms with Gasteiger partial charge in [0.15, 0.2) is 6.73 Å². The van der Waals surface area contributed by atoms with Gasteiger partial charge in [0.2, 0.25) is 0 Å². The van der Waals surface area contributed by atoms with Crippen LogP contribution in [0.15, 0.2) is 42.5 Å².